The van der Waals surface area contributed by atoms with E-state index >= 15 is 0 Å². The number of rotatable bonds is 3. The number of hydrogen-bond acceptors (Lipinski definition) is 2. The summed E-state index contributed by atoms with van der Waals surface area (Å²) in [5.74, 6) is 5.76. The van der Waals surface area contributed by atoms with Gasteiger partial charge < -0.3 is 0 Å². The van der Waals surface area contributed by atoms with Crippen molar-refractivity contribution in [2.24, 2.45) is 5.84 Å². The van der Waals surface area contributed by atoms with E-state index in [-0.39, 0.29) is 6.04 Å². The minimum absolute atomic E-state index is 0.189. The molecular weight excluding hydrogens is 208 g/mol. The smallest absolute Gasteiger partial charge is 0.0672 e. The Morgan fingerprint density at radius 2 is 2.00 bits per heavy atom. The molecule has 2 rings (SSSR count). The molecule has 0 radical (unpaired) electrons. The first kappa shape index (κ1) is 12.3. The van der Waals surface area contributed by atoms with E-state index in [2.05, 4.69) is 42.7 Å². The van der Waals surface area contributed by atoms with E-state index in [9.17, 15) is 0 Å². The van der Waals surface area contributed by atoms with Crippen LogP contribution in [-0.4, -0.2) is 0 Å². The Labute approximate surface area is 104 Å². The van der Waals surface area contributed by atoms with Gasteiger partial charge in [-0.3, -0.25) is 5.84 Å². The summed E-state index contributed by atoms with van der Waals surface area (Å²) >= 11 is 0. The zero-order valence-corrected chi connectivity index (χ0v) is 10.6. The Hall–Kier alpha value is -1.12. The van der Waals surface area contributed by atoms with Gasteiger partial charge in [0, 0.05) is 0 Å². The summed E-state index contributed by atoms with van der Waals surface area (Å²) in [4.78, 5) is 0. The lowest BCUT2D eigenvalue weighted by atomic mass is 9.93. The first-order valence-electron chi connectivity index (χ1n) is 6.53. The molecule has 0 fully saturated rings. The molecule has 2 nitrogen and oxygen atoms in total. The molecule has 0 heterocycles. The van der Waals surface area contributed by atoms with Gasteiger partial charge in [0.25, 0.3) is 0 Å². The van der Waals surface area contributed by atoms with Crippen molar-refractivity contribution in [1.29, 1.82) is 0 Å². The van der Waals surface area contributed by atoms with Gasteiger partial charge in [0.2, 0.25) is 0 Å². The van der Waals surface area contributed by atoms with Gasteiger partial charge in [-0.15, -0.1) is 0 Å². The van der Waals surface area contributed by atoms with Crippen molar-refractivity contribution in [3.05, 3.63) is 47.0 Å². The molecule has 3 N–H and O–H groups in total. The molecule has 1 aliphatic rings. The van der Waals surface area contributed by atoms with Crippen molar-refractivity contribution in [2.75, 3.05) is 0 Å². The average Bonchev–Trinajstić information content (AvgIpc) is 2.62. The predicted molar refractivity (Wildman–Crippen MR) is 72.4 cm³/mol. The van der Waals surface area contributed by atoms with E-state index in [4.69, 9.17) is 5.84 Å². The average molecular weight is 230 g/mol. The normalized spacial score (nSPS) is 18.4. The van der Waals surface area contributed by atoms with Crippen LogP contribution < -0.4 is 11.3 Å². The number of benzene rings is 1. The highest BCUT2D eigenvalue weighted by atomic mass is 15.2. The molecule has 17 heavy (non-hydrogen) atoms. The molecule has 0 saturated heterocycles. The Morgan fingerprint density at radius 1 is 1.18 bits per heavy atom. The molecule has 0 bridgehead atoms. The lowest BCUT2D eigenvalue weighted by molar-refractivity contribution is 0.590. The monoisotopic (exact) mass is 230 g/mol. The Bertz CT molecular complexity index is 396. The van der Waals surface area contributed by atoms with Crippen LogP contribution in [0.3, 0.4) is 0 Å². The van der Waals surface area contributed by atoms with Crippen molar-refractivity contribution in [1.82, 2.24) is 5.43 Å². The van der Waals surface area contributed by atoms with Crippen LogP contribution in [0.2, 0.25) is 0 Å². The van der Waals surface area contributed by atoms with E-state index in [0.29, 0.717) is 0 Å². The zero-order valence-electron chi connectivity index (χ0n) is 10.6. The highest BCUT2D eigenvalue weighted by molar-refractivity contribution is 5.34. The molecule has 0 aromatic heterocycles. The van der Waals surface area contributed by atoms with E-state index < -0.39 is 0 Å². The highest BCUT2D eigenvalue weighted by Gasteiger charge is 2.17. The topological polar surface area (TPSA) is 38.0 Å². The van der Waals surface area contributed by atoms with Crippen molar-refractivity contribution in [3.8, 4) is 0 Å². The predicted octanol–water partition coefficient (Wildman–Crippen LogP) is 3.39. The molecule has 1 aliphatic carbocycles. The van der Waals surface area contributed by atoms with Crippen LogP contribution in [-0.2, 0) is 0 Å². The summed E-state index contributed by atoms with van der Waals surface area (Å²) in [6.45, 7) is 2.15. The van der Waals surface area contributed by atoms with Crippen LogP contribution in [0.4, 0.5) is 0 Å². The minimum Gasteiger partial charge on any atom is -0.271 e. The lowest BCUT2D eigenvalue weighted by Gasteiger charge is -2.21. The Morgan fingerprint density at radius 3 is 2.76 bits per heavy atom. The van der Waals surface area contributed by atoms with Gasteiger partial charge in [0.15, 0.2) is 0 Å². The summed E-state index contributed by atoms with van der Waals surface area (Å²) in [5.41, 5.74) is 7.06. The second kappa shape index (κ2) is 5.99. The fourth-order valence-corrected chi connectivity index (χ4v) is 2.61. The van der Waals surface area contributed by atoms with Crippen LogP contribution in [0.5, 0.6) is 0 Å². The third-order valence-corrected chi connectivity index (χ3v) is 3.61. The molecule has 1 aromatic carbocycles. The quantitative estimate of drug-likeness (QED) is 0.474. The molecular formula is C15H22N2. The summed E-state index contributed by atoms with van der Waals surface area (Å²) in [5, 5.41) is 0. The van der Waals surface area contributed by atoms with Crippen molar-refractivity contribution < 1.29 is 0 Å². The SMILES string of the molecule is Cc1ccccc1C(NN)C1=CCCCCC1. The Balaban J connectivity index is 2.26. The second-order valence-corrected chi connectivity index (χ2v) is 4.83. The third kappa shape index (κ3) is 2.96. The molecule has 1 aromatic rings. The maximum atomic E-state index is 5.76. The molecule has 0 aliphatic heterocycles. The minimum atomic E-state index is 0.189. The van der Waals surface area contributed by atoms with Crippen molar-refractivity contribution >= 4 is 0 Å². The number of nitrogens with one attached hydrogen (secondary N) is 1. The fourth-order valence-electron chi connectivity index (χ4n) is 2.61. The van der Waals surface area contributed by atoms with Crippen molar-refractivity contribution in [2.45, 2.75) is 45.1 Å². The fraction of sp³-hybridized carbons (Fsp3) is 0.467. The summed E-state index contributed by atoms with van der Waals surface area (Å²) in [6, 6.07) is 8.68. The van der Waals surface area contributed by atoms with Crippen LogP contribution in [0.1, 0.15) is 49.3 Å². The van der Waals surface area contributed by atoms with E-state index in [1.807, 2.05) is 0 Å². The molecule has 2 heteroatoms. The lowest BCUT2D eigenvalue weighted by Crippen LogP contribution is -2.30. The van der Waals surface area contributed by atoms with Crippen LogP contribution in [0, 0.1) is 6.92 Å². The van der Waals surface area contributed by atoms with E-state index in [0.717, 1.165) is 0 Å². The Kier molecular flexibility index (Phi) is 4.35. The van der Waals surface area contributed by atoms with Gasteiger partial charge >= 0.3 is 0 Å². The first-order valence-corrected chi connectivity index (χ1v) is 6.53. The van der Waals surface area contributed by atoms with Gasteiger partial charge in [0.1, 0.15) is 0 Å². The second-order valence-electron chi connectivity index (χ2n) is 4.83. The van der Waals surface area contributed by atoms with Crippen LogP contribution >= 0.6 is 0 Å². The van der Waals surface area contributed by atoms with Gasteiger partial charge in [0.05, 0.1) is 6.04 Å². The maximum Gasteiger partial charge on any atom is 0.0672 e. The summed E-state index contributed by atoms with van der Waals surface area (Å²) in [7, 11) is 0. The number of hydrogen-bond donors (Lipinski definition) is 2. The molecule has 1 atom stereocenters. The first-order chi connectivity index (χ1) is 8.33. The van der Waals surface area contributed by atoms with Gasteiger partial charge in [-0.2, -0.15) is 0 Å². The molecule has 0 saturated carbocycles. The number of aryl methyl sites for hydroxylation is 1. The number of allylic oxidation sites excluding steroid dienone is 1. The summed E-state index contributed by atoms with van der Waals surface area (Å²) < 4.78 is 0. The van der Waals surface area contributed by atoms with Crippen LogP contribution in [0.15, 0.2) is 35.9 Å². The van der Waals surface area contributed by atoms with Gasteiger partial charge in [-0.1, -0.05) is 42.3 Å². The highest BCUT2D eigenvalue weighted by Crippen LogP contribution is 2.30. The standard InChI is InChI=1S/C15H22N2/c1-12-8-6-7-11-14(12)15(17-16)13-9-4-2-3-5-10-13/h6-9,11,15,17H,2-5,10,16H2,1H3. The zero-order chi connectivity index (χ0) is 12.1. The van der Waals surface area contributed by atoms with Crippen LogP contribution in [0.25, 0.3) is 0 Å². The van der Waals surface area contributed by atoms with Crippen molar-refractivity contribution in [3.63, 3.8) is 0 Å². The third-order valence-electron chi connectivity index (χ3n) is 3.61. The molecule has 0 amide bonds. The summed E-state index contributed by atoms with van der Waals surface area (Å²) in [6.07, 6.45) is 8.68. The van der Waals surface area contributed by atoms with E-state index in [1.165, 1.54) is 48.8 Å². The molecule has 92 valence electrons. The maximum absolute atomic E-state index is 5.76. The largest absolute Gasteiger partial charge is 0.271 e. The molecule has 1 unspecified atom stereocenters. The molecule has 0 spiro atoms. The van der Waals surface area contributed by atoms with E-state index in [1.54, 1.807) is 0 Å². The van der Waals surface area contributed by atoms with Gasteiger partial charge in [-0.25, -0.2) is 5.43 Å². The van der Waals surface area contributed by atoms with Gasteiger partial charge in [-0.05, 0) is 43.7 Å². The number of nitrogens with two attached hydrogens (primary N) is 1. The number of hydrazine groups is 1.